The number of aliphatic carboxylic acids is 1. The summed E-state index contributed by atoms with van der Waals surface area (Å²) in [5.74, 6) is -1.51. The number of hydrogen-bond acceptors (Lipinski definition) is 4. The fraction of sp³-hybridized carbons (Fsp3) is 0.389. The van der Waals surface area contributed by atoms with Gasteiger partial charge < -0.3 is 10.0 Å². The van der Waals surface area contributed by atoms with Crippen molar-refractivity contribution in [1.29, 1.82) is 0 Å². The molecule has 1 fully saturated rings. The van der Waals surface area contributed by atoms with Crippen molar-refractivity contribution in [2.75, 3.05) is 13.1 Å². The number of amides is 1. The van der Waals surface area contributed by atoms with Gasteiger partial charge in [-0.2, -0.15) is 0 Å². The molecule has 1 unspecified atom stereocenters. The molecule has 1 aromatic heterocycles. The highest BCUT2D eigenvalue weighted by atomic mass is 32.1. The Bertz CT molecular complexity index is 803. The number of aromatic nitrogens is 1. The number of rotatable bonds is 4. The molecule has 1 aliphatic rings. The highest BCUT2D eigenvalue weighted by Crippen LogP contribution is 2.29. The second kappa shape index (κ2) is 6.55. The molecule has 1 N–H and O–H groups in total. The van der Waals surface area contributed by atoms with Crippen LogP contribution in [0.2, 0.25) is 0 Å². The van der Waals surface area contributed by atoms with Gasteiger partial charge in [-0.15, -0.1) is 11.3 Å². The monoisotopic (exact) mass is 362 g/mol. The number of nitrogens with zero attached hydrogens (tertiary/aromatic N) is 2. The molecule has 7 heteroatoms. The fourth-order valence-electron chi connectivity index (χ4n) is 2.80. The maximum atomic E-state index is 14.1. The molecule has 1 amide bonds. The maximum absolute atomic E-state index is 14.1. The van der Waals surface area contributed by atoms with E-state index < -0.39 is 24.1 Å². The van der Waals surface area contributed by atoms with Crippen LogP contribution in [0.25, 0.3) is 10.6 Å². The summed E-state index contributed by atoms with van der Waals surface area (Å²) in [5, 5.41) is 11.3. The van der Waals surface area contributed by atoms with Gasteiger partial charge in [0.2, 0.25) is 5.67 Å². The number of carbonyl (C=O) groups is 2. The first-order valence-corrected chi connectivity index (χ1v) is 8.95. The van der Waals surface area contributed by atoms with Gasteiger partial charge in [-0.1, -0.05) is 38.1 Å². The molecule has 5 nitrogen and oxygen atoms in total. The highest BCUT2D eigenvalue weighted by molar-refractivity contribution is 7.13. The van der Waals surface area contributed by atoms with Crippen molar-refractivity contribution in [3.63, 3.8) is 0 Å². The minimum atomic E-state index is -2.36. The first kappa shape index (κ1) is 17.5. The number of likely N-dealkylation sites (tertiary alicyclic amines) is 1. The summed E-state index contributed by atoms with van der Waals surface area (Å²) in [4.78, 5) is 29.0. The molecule has 0 radical (unpaired) electrons. The molecule has 1 saturated heterocycles. The van der Waals surface area contributed by atoms with Gasteiger partial charge >= 0.3 is 5.97 Å². The van der Waals surface area contributed by atoms with Gasteiger partial charge in [0.1, 0.15) is 10.7 Å². The zero-order valence-corrected chi connectivity index (χ0v) is 14.8. The molecular weight excluding hydrogens is 343 g/mol. The third-order valence-electron chi connectivity index (χ3n) is 4.44. The van der Waals surface area contributed by atoms with Crippen LogP contribution < -0.4 is 0 Å². The molecule has 1 atom stereocenters. The lowest BCUT2D eigenvalue weighted by molar-refractivity contribution is -0.149. The second-order valence-electron chi connectivity index (χ2n) is 6.56. The Morgan fingerprint density at radius 2 is 2.00 bits per heavy atom. The van der Waals surface area contributed by atoms with Gasteiger partial charge in [-0.25, -0.2) is 14.2 Å². The Morgan fingerprint density at radius 3 is 2.56 bits per heavy atom. The Hall–Kier alpha value is -2.28. The van der Waals surface area contributed by atoms with E-state index in [2.05, 4.69) is 18.8 Å². The number of carbonyl (C=O) groups excluding carboxylic acids is 1. The van der Waals surface area contributed by atoms with Crippen molar-refractivity contribution >= 4 is 23.2 Å². The Balaban J connectivity index is 1.75. The molecule has 0 aliphatic carbocycles. The zero-order valence-electron chi connectivity index (χ0n) is 14.0. The minimum Gasteiger partial charge on any atom is -0.479 e. The summed E-state index contributed by atoms with van der Waals surface area (Å²) in [6.45, 7) is 3.88. The van der Waals surface area contributed by atoms with Crippen LogP contribution in [0.5, 0.6) is 0 Å². The number of carboxylic acids is 1. The van der Waals surface area contributed by atoms with Crippen LogP contribution in [0.1, 0.15) is 42.2 Å². The van der Waals surface area contributed by atoms with Gasteiger partial charge in [0.05, 0.1) is 6.54 Å². The maximum Gasteiger partial charge on any atom is 0.343 e. The molecule has 0 saturated carbocycles. The lowest BCUT2D eigenvalue weighted by atomic mass is 10.0. The second-order valence-corrected chi connectivity index (χ2v) is 7.42. The topological polar surface area (TPSA) is 70.5 Å². The largest absolute Gasteiger partial charge is 0.479 e. The molecule has 1 aromatic carbocycles. The molecular formula is C18H19FN2O3S. The number of benzene rings is 1. The Kier molecular flexibility index (Phi) is 4.60. The Morgan fingerprint density at radius 1 is 1.32 bits per heavy atom. The van der Waals surface area contributed by atoms with E-state index in [1.54, 1.807) is 5.38 Å². The third-order valence-corrected chi connectivity index (χ3v) is 5.33. The molecule has 25 heavy (non-hydrogen) atoms. The molecule has 0 bridgehead atoms. The van der Waals surface area contributed by atoms with Crippen molar-refractivity contribution in [2.45, 2.75) is 31.9 Å². The van der Waals surface area contributed by atoms with Gasteiger partial charge in [0.15, 0.2) is 0 Å². The van der Waals surface area contributed by atoms with Gasteiger partial charge in [0.25, 0.3) is 5.91 Å². The number of thiazole rings is 1. The van der Waals surface area contributed by atoms with Gasteiger partial charge in [-0.3, -0.25) is 4.79 Å². The molecule has 3 rings (SSSR count). The fourth-order valence-corrected chi connectivity index (χ4v) is 3.60. The summed E-state index contributed by atoms with van der Waals surface area (Å²) >= 11 is 1.34. The van der Waals surface area contributed by atoms with Crippen molar-refractivity contribution in [2.24, 2.45) is 0 Å². The van der Waals surface area contributed by atoms with Crippen LogP contribution in [0.3, 0.4) is 0 Å². The average Bonchev–Trinajstić information content (AvgIpc) is 3.22. The highest BCUT2D eigenvalue weighted by Gasteiger charge is 2.47. The van der Waals surface area contributed by atoms with Crippen molar-refractivity contribution in [3.05, 3.63) is 40.9 Å². The van der Waals surface area contributed by atoms with Crippen LogP contribution in [-0.2, 0) is 4.79 Å². The summed E-state index contributed by atoms with van der Waals surface area (Å²) in [6, 6.07) is 8.01. The molecule has 132 valence electrons. The van der Waals surface area contributed by atoms with Crippen molar-refractivity contribution < 1.29 is 19.1 Å². The zero-order chi connectivity index (χ0) is 18.2. The summed E-state index contributed by atoms with van der Waals surface area (Å²) in [6.07, 6.45) is -0.193. The smallest absolute Gasteiger partial charge is 0.343 e. The van der Waals surface area contributed by atoms with E-state index in [0.29, 0.717) is 10.9 Å². The van der Waals surface area contributed by atoms with E-state index in [1.165, 1.54) is 21.8 Å². The predicted molar refractivity (Wildman–Crippen MR) is 93.6 cm³/mol. The standard InChI is InChI=1S/C18H19FN2O3S/c1-11(2)12-3-5-13(6-4-12)15-20-14(9-25-15)16(22)21-8-7-18(19,10-21)17(23)24/h3-6,9,11H,7-8,10H2,1-2H3,(H,23,24). The molecule has 1 aliphatic heterocycles. The van der Waals surface area contributed by atoms with Crippen LogP contribution in [0.15, 0.2) is 29.6 Å². The lowest BCUT2D eigenvalue weighted by Gasteiger charge is -2.16. The first-order chi connectivity index (χ1) is 11.8. The van der Waals surface area contributed by atoms with E-state index in [4.69, 9.17) is 5.11 Å². The van der Waals surface area contributed by atoms with Gasteiger partial charge in [0, 0.05) is 23.9 Å². The third kappa shape index (κ3) is 3.42. The SMILES string of the molecule is CC(C)c1ccc(-c2nc(C(=O)N3CCC(F)(C(=O)O)C3)cs2)cc1. The lowest BCUT2D eigenvalue weighted by Crippen LogP contribution is -2.39. The van der Waals surface area contributed by atoms with Crippen molar-refractivity contribution in [3.8, 4) is 10.6 Å². The Labute approximate surface area is 149 Å². The van der Waals surface area contributed by atoms with E-state index in [-0.39, 0.29) is 18.7 Å². The van der Waals surface area contributed by atoms with Crippen LogP contribution in [0, 0.1) is 0 Å². The number of hydrogen-bond donors (Lipinski definition) is 1. The van der Waals surface area contributed by atoms with E-state index in [1.807, 2.05) is 24.3 Å². The van der Waals surface area contributed by atoms with E-state index in [0.717, 1.165) is 5.56 Å². The molecule has 0 spiro atoms. The van der Waals surface area contributed by atoms with Crippen LogP contribution in [0.4, 0.5) is 4.39 Å². The normalized spacial score (nSPS) is 20.2. The van der Waals surface area contributed by atoms with Crippen molar-refractivity contribution in [1.82, 2.24) is 9.88 Å². The first-order valence-electron chi connectivity index (χ1n) is 8.07. The van der Waals surface area contributed by atoms with Crippen LogP contribution in [-0.4, -0.2) is 45.6 Å². The summed E-state index contributed by atoms with van der Waals surface area (Å²) < 4.78 is 14.1. The number of halogens is 1. The summed E-state index contributed by atoms with van der Waals surface area (Å²) in [7, 11) is 0. The number of alkyl halides is 1. The molecule has 2 aromatic rings. The quantitative estimate of drug-likeness (QED) is 0.903. The predicted octanol–water partition coefficient (Wildman–Crippen LogP) is 3.57. The molecule has 2 heterocycles. The minimum absolute atomic E-state index is 0.0809. The number of carboxylic acid groups (broad SMARTS) is 1. The average molecular weight is 362 g/mol. The van der Waals surface area contributed by atoms with Crippen LogP contribution >= 0.6 is 11.3 Å². The van der Waals surface area contributed by atoms with E-state index >= 15 is 0 Å². The van der Waals surface area contributed by atoms with E-state index in [9.17, 15) is 14.0 Å². The van der Waals surface area contributed by atoms with Gasteiger partial charge in [-0.05, 0) is 11.5 Å². The summed E-state index contributed by atoms with van der Waals surface area (Å²) in [5.41, 5.74) is 0.00530.